The molecule has 2 aromatic carbocycles. The van der Waals surface area contributed by atoms with Gasteiger partial charge in [0, 0.05) is 58.3 Å². The van der Waals surface area contributed by atoms with Crippen LogP contribution in [0.5, 0.6) is 0 Å². The highest BCUT2D eigenvalue weighted by molar-refractivity contribution is 5.96. The first-order chi connectivity index (χ1) is 23.3. The van der Waals surface area contributed by atoms with E-state index in [0.29, 0.717) is 25.1 Å². The first kappa shape index (κ1) is 34.8. The summed E-state index contributed by atoms with van der Waals surface area (Å²) in [6.07, 6.45) is 8.11. The highest BCUT2D eigenvalue weighted by Crippen LogP contribution is 2.27. The number of aryl methyl sites for hydroxylation is 1. The van der Waals surface area contributed by atoms with Gasteiger partial charge >= 0.3 is 0 Å². The third kappa shape index (κ3) is 9.76. The molecule has 5 rings (SSSR count). The molecule has 0 radical (unpaired) electrons. The molecular weight excluding hydrogens is 606 g/mol. The zero-order chi connectivity index (χ0) is 33.9. The lowest BCUT2D eigenvalue weighted by atomic mass is 9.83. The van der Waals surface area contributed by atoms with E-state index in [1.165, 1.54) is 10.2 Å². The monoisotopic (exact) mass is 655 g/mol. The SMILES string of the molecule is CCC(=O)N[C@H](Cc1ccc(CNC(=O)[C@@H](NC(=O)c2ccnn2C)C2CCCCC2)cc1)C(=O)N[C@H]1CCN(Cc2ccccc2)C1. The molecule has 1 saturated carbocycles. The maximum atomic E-state index is 13.4. The fourth-order valence-electron chi connectivity index (χ4n) is 6.75. The third-order valence-electron chi connectivity index (χ3n) is 9.51. The number of amides is 4. The van der Waals surface area contributed by atoms with Crippen molar-refractivity contribution in [3.05, 3.63) is 89.2 Å². The Hall–Kier alpha value is -4.51. The smallest absolute Gasteiger partial charge is 0.270 e. The van der Waals surface area contributed by atoms with Gasteiger partial charge in [-0.1, -0.05) is 80.8 Å². The Bertz CT molecular complexity index is 1520. The van der Waals surface area contributed by atoms with Crippen LogP contribution in [0.1, 0.15) is 79.0 Å². The predicted octanol–water partition coefficient (Wildman–Crippen LogP) is 3.24. The van der Waals surface area contributed by atoms with Crippen LogP contribution < -0.4 is 21.3 Å². The summed E-state index contributed by atoms with van der Waals surface area (Å²) in [7, 11) is 1.71. The van der Waals surface area contributed by atoms with Crippen LogP contribution in [0.25, 0.3) is 0 Å². The van der Waals surface area contributed by atoms with Gasteiger partial charge in [0.05, 0.1) is 0 Å². The summed E-state index contributed by atoms with van der Waals surface area (Å²) < 4.78 is 1.50. The summed E-state index contributed by atoms with van der Waals surface area (Å²) in [5.74, 6) is -0.779. The average Bonchev–Trinajstić information content (AvgIpc) is 3.75. The minimum Gasteiger partial charge on any atom is -0.350 e. The normalized spacial score (nSPS) is 18.1. The molecule has 1 aliphatic carbocycles. The van der Waals surface area contributed by atoms with Crippen LogP contribution in [0.15, 0.2) is 66.9 Å². The van der Waals surface area contributed by atoms with Gasteiger partial charge in [-0.2, -0.15) is 5.10 Å². The second-order valence-corrected chi connectivity index (χ2v) is 13.1. The molecule has 0 bridgehead atoms. The van der Waals surface area contributed by atoms with Crippen molar-refractivity contribution in [2.75, 3.05) is 13.1 Å². The Balaban J connectivity index is 1.15. The van der Waals surface area contributed by atoms with Gasteiger partial charge in [-0.3, -0.25) is 28.8 Å². The van der Waals surface area contributed by atoms with Crippen molar-refractivity contribution in [2.24, 2.45) is 13.0 Å². The molecule has 4 amide bonds. The lowest BCUT2D eigenvalue weighted by molar-refractivity contribution is -0.129. The van der Waals surface area contributed by atoms with Gasteiger partial charge in [-0.25, -0.2) is 0 Å². The molecule has 256 valence electrons. The Morgan fingerprint density at radius 2 is 1.58 bits per heavy atom. The highest BCUT2D eigenvalue weighted by atomic mass is 16.2. The molecular formula is C37H49N7O4. The first-order valence-electron chi connectivity index (χ1n) is 17.3. The molecule has 3 aromatic rings. The number of hydrogen-bond acceptors (Lipinski definition) is 6. The summed E-state index contributed by atoms with van der Waals surface area (Å²) in [4.78, 5) is 54.5. The molecule has 1 saturated heterocycles. The van der Waals surface area contributed by atoms with Gasteiger partial charge in [0.15, 0.2) is 0 Å². The summed E-state index contributed by atoms with van der Waals surface area (Å²) >= 11 is 0. The van der Waals surface area contributed by atoms with Crippen LogP contribution in [0, 0.1) is 5.92 Å². The number of likely N-dealkylation sites (tertiary alicyclic amines) is 1. The van der Waals surface area contributed by atoms with Crippen LogP contribution in [-0.4, -0.2) is 69.5 Å². The largest absolute Gasteiger partial charge is 0.350 e. The van der Waals surface area contributed by atoms with E-state index in [4.69, 9.17) is 0 Å². The van der Waals surface area contributed by atoms with Gasteiger partial charge in [0.2, 0.25) is 17.7 Å². The van der Waals surface area contributed by atoms with Crippen molar-refractivity contribution in [1.29, 1.82) is 0 Å². The van der Waals surface area contributed by atoms with E-state index in [1.807, 2.05) is 42.5 Å². The van der Waals surface area contributed by atoms with E-state index < -0.39 is 12.1 Å². The Labute approximate surface area is 283 Å². The van der Waals surface area contributed by atoms with Crippen LogP contribution in [0.4, 0.5) is 0 Å². The van der Waals surface area contributed by atoms with Crippen molar-refractivity contribution < 1.29 is 19.2 Å². The van der Waals surface area contributed by atoms with Crippen molar-refractivity contribution in [3.63, 3.8) is 0 Å². The second-order valence-electron chi connectivity index (χ2n) is 13.1. The second kappa shape index (κ2) is 17.1. The fourth-order valence-corrected chi connectivity index (χ4v) is 6.75. The zero-order valence-corrected chi connectivity index (χ0v) is 28.1. The molecule has 0 spiro atoms. The number of carbonyl (C=O) groups is 4. The van der Waals surface area contributed by atoms with Crippen molar-refractivity contribution in [3.8, 4) is 0 Å². The molecule has 2 aliphatic rings. The van der Waals surface area contributed by atoms with Crippen molar-refractivity contribution in [2.45, 2.75) is 89.5 Å². The Morgan fingerprint density at radius 3 is 2.27 bits per heavy atom. The van der Waals surface area contributed by atoms with Crippen molar-refractivity contribution >= 4 is 23.6 Å². The first-order valence-corrected chi connectivity index (χ1v) is 17.3. The number of hydrogen-bond donors (Lipinski definition) is 4. The van der Waals surface area contributed by atoms with E-state index >= 15 is 0 Å². The molecule has 4 N–H and O–H groups in total. The molecule has 1 aliphatic heterocycles. The van der Waals surface area contributed by atoms with Crippen LogP contribution in [0.3, 0.4) is 0 Å². The summed E-state index contributed by atoms with van der Waals surface area (Å²) in [5.41, 5.74) is 3.46. The van der Waals surface area contributed by atoms with E-state index in [1.54, 1.807) is 26.2 Å². The van der Waals surface area contributed by atoms with Gasteiger partial charge in [0.25, 0.3) is 5.91 Å². The van der Waals surface area contributed by atoms with Crippen LogP contribution >= 0.6 is 0 Å². The van der Waals surface area contributed by atoms with Gasteiger partial charge in [-0.15, -0.1) is 0 Å². The molecule has 0 unspecified atom stereocenters. The van der Waals surface area contributed by atoms with Crippen LogP contribution in [0.2, 0.25) is 0 Å². The number of nitrogens with one attached hydrogen (secondary N) is 4. The van der Waals surface area contributed by atoms with Crippen LogP contribution in [-0.2, 0) is 40.9 Å². The quantitative estimate of drug-likeness (QED) is 0.211. The maximum Gasteiger partial charge on any atom is 0.270 e. The standard InChI is InChI=1S/C37H49N7O4/c1-3-33(45)41-31(35(46)40-30-19-21-44(25-30)24-28-10-6-4-7-11-28)22-26-14-16-27(17-15-26)23-38-37(48)34(29-12-8-5-9-13-29)42-36(47)32-18-20-39-43(32)2/h4,6-7,10-11,14-18,20,29-31,34H,3,5,8-9,12-13,19,21-25H2,1-2H3,(H,38,48)(H,40,46)(H,41,45)(H,42,47)/t30-,31+,34-/m0/s1. The van der Waals surface area contributed by atoms with Gasteiger partial charge in [-0.05, 0) is 47.9 Å². The number of nitrogens with zero attached hydrogens (tertiary/aromatic N) is 3. The average molecular weight is 656 g/mol. The molecule has 2 fully saturated rings. The zero-order valence-electron chi connectivity index (χ0n) is 28.1. The summed E-state index contributed by atoms with van der Waals surface area (Å²) in [6.45, 7) is 4.60. The highest BCUT2D eigenvalue weighted by Gasteiger charge is 2.32. The van der Waals surface area contributed by atoms with Gasteiger partial charge < -0.3 is 21.3 Å². The molecule has 2 heterocycles. The van der Waals surface area contributed by atoms with E-state index in [9.17, 15) is 19.2 Å². The number of carbonyl (C=O) groups excluding carboxylic acids is 4. The maximum absolute atomic E-state index is 13.4. The lowest BCUT2D eigenvalue weighted by Crippen LogP contribution is -2.51. The predicted molar refractivity (Wildman–Crippen MR) is 184 cm³/mol. The van der Waals surface area contributed by atoms with E-state index in [2.05, 4.69) is 43.4 Å². The van der Waals surface area contributed by atoms with E-state index in [0.717, 1.165) is 69.3 Å². The molecule has 3 atom stereocenters. The van der Waals surface area contributed by atoms with Crippen molar-refractivity contribution in [1.82, 2.24) is 35.9 Å². The van der Waals surface area contributed by atoms with E-state index in [-0.39, 0.29) is 35.6 Å². The minimum atomic E-state index is -0.689. The number of aromatic nitrogens is 2. The minimum absolute atomic E-state index is 0.0274. The third-order valence-corrected chi connectivity index (χ3v) is 9.51. The Morgan fingerprint density at radius 1 is 0.854 bits per heavy atom. The number of benzene rings is 2. The fraction of sp³-hybridized carbons (Fsp3) is 0.486. The molecule has 11 heteroatoms. The molecule has 11 nitrogen and oxygen atoms in total. The molecule has 1 aromatic heterocycles. The van der Waals surface area contributed by atoms with Gasteiger partial charge in [0.1, 0.15) is 17.8 Å². The summed E-state index contributed by atoms with van der Waals surface area (Å²) in [6, 6.07) is 18.4. The number of rotatable bonds is 14. The topological polar surface area (TPSA) is 137 Å². The molecule has 48 heavy (non-hydrogen) atoms. The summed E-state index contributed by atoms with van der Waals surface area (Å²) in [5, 5.41) is 16.2. The lowest BCUT2D eigenvalue weighted by Gasteiger charge is -2.30. The Kier molecular flexibility index (Phi) is 12.4.